The molecule has 0 saturated carbocycles. The van der Waals surface area contributed by atoms with Crippen LogP contribution in [0.25, 0.3) is 0 Å². The van der Waals surface area contributed by atoms with E-state index in [1.54, 1.807) is 0 Å². The molecule has 0 aromatic heterocycles. The molecule has 0 saturated heterocycles. The molecule has 112 valence electrons. The Labute approximate surface area is 125 Å². The minimum absolute atomic E-state index is 0.0154. The Morgan fingerprint density at radius 2 is 2.10 bits per heavy atom. The summed E-state index contributed by atoms with van der Waals surface area (Å²) in [6.45, 7) is -3.20. The van der Waals surface area contributed by atoms with Crippen molar-refractivity contribution in [2.45, 2.75) is 6.61 Å². The van der Waals surface area contributed by atoms with Crippen molar-refractivity contribution in [3.8, 4) is 5.75 Å². The van der Waals surface area contributed by atoms with Gasteiger partial charge < -0.3 is 9.84 Å². The Hall–Kier alpha value is -1.13. The van der Waals surface area contributed by atoms with Crippen LogP contribution in [0.3, 0.4) is 0 Å². The molecule has 1 aromatic rings. The zero-order valence-electron chi connectivity index (χ0n) is 9.44. The summed E-state index contributed by atoms with van der Waals surface area (Å²) >= 11 is 8.56. The van der Waals surface area contributed by atoms with E-state index in [0.29, 0.717) is 0 Å². The number of hydrogen-bond donors (Lipinski definition) is 2. The van der Waals surface area contributed by atoms with Crippen LogP contribution in [-0.2, 0) is 14.8 Å². The van der Waals surface area contributed by atoms with Gasteiger partial charge >= 0.3 is 12.6 Å². The molecule has 6 nitrogen and oxygen atoms in total. The normalized spacial score (nSPS) is 11.4. The molecule has 0 amide bonds. The maximum Gasteiger partial charge on any atom is 0.387 e. The number of ether oxygens (including phenoxy) is 1. The first-order valence-corrected chi connectivity index (χ1v) is 7.59. The lowest BCUT2D eigenvalue weighted by atomic mass is 10.3. The summed E-state index contributed by atoms with van der Waals surface area (Å²) in [7, 11) is -4.28. The van der Waals surface area contributed by atoms with Crippen LogP contribution in [-0.4, -0.2) is 31.9 Å². The molecule has 0 spiro atoms. The summed E-state index contributed by atoms with van der Waals surface area (Å²) in [5.74, 6) is -3.33. The Kier molecular flexibility index (Phi) is 5.54. The van der Waals surface area contributed by atoms with Gasteiger partial charge in [-0.05, 0) is 28.1 Å². The van der Waals surface area contributed by atoms with Gasteiger partial charge in [-0.3, -0.25) is 9.52 Å². The smallest absolute Gasteiger partial charge is 0.387 e. The Morgan fingerprint density at radius 1 is 1.50 bits per heavy atom. The van der Waals surface area contributed by atoms with E-state index in [0.717, 1.165) is 6.07 Å². The minimum Gasteiger partial charge on any atom is -0.480 e. The third-order valence-corrected chi connectivity index (χ3v) is 3.76. The van der Waals surface area contributed by atoms with Crippen molar-refractivity contribution < 1.29 is 31.8 Å². The number of aliphatic carboxylic acids is 1. The molecule has 1 rings (SSSR count). The Bertz CT molecular complexity index is 625. The lowest BCUT2D eigenvalue weighted by molar-refractivity contribution is -0.134. The third kappa shape index (κ3) is 5.10. The van der Waals surface area contributed by atoms with E-state index in [4.69, 9.17) is 16.7 Å². The van der Waals surface area contributed by atoms with Gasteiger partial charge in [0, 0.05) is 5.02 Å². The Morgan fingerprint density at radius 3 is 2.60 bits per heavy atom. The monoisotopic (exact) mass is 393 g/mol. The van der Waals surface area contributed by atoms with Crippen molar-refractivity contribution >= 4 is 49.2 Å². The fraction of sp³-hybridized carbons (Fsp3) is 0.222. The number of sulfonamides is 1. The molecule has 0 atom stereocenters. The second kappa shape index (κ2) is 6.55. The molecular weight excluding hydrogens is 388 g/mol. The second-order valence-corrected chi connectivity index (χ2v) is 6.41. The predicted octanol–water partition coefficient (Wildman–Crippen LogP) is 2.53. The van der Waals surface area contributed by atoms with Crippen molar-refractivity contribution in [3.63, 3.8) is 0 Å². The first kappa shape index (κ1) is 16.9. The highest BCUT2D eigenvalue weighted by molar-refractivity contribution is 9.10. The number of rotatable bonds is 6. The van der Waals surface area contributed by atoms with E-state index < -0.39 is 39.8 Å². The summed E-state index contributed by atoms with van der Waals surface area (Å²) in [6.07, 6.45) is 0. The lowest BCUT2D eigenvalue weighted by Gasteiger charge is -2.14. The average Bonchev–Trinajstić information content (AvgIpc) is 2.20. The van der Waals surface area contributed by atoms with Crippen molar-refractivity contribution in [3.05, 3.63) is 21.6 Å². The number of carboxylic acids is 1. The quantitative estimate of drug-likeness (QED) is 0.773. The topological polar surface area (TPSA) is 92.7 Å². The van der Waals surface area contributed by atoms with E-state index in [9.17, 15) is 22.0 Å². The first-order chi connectivity index (χ1) is 9.10. The zero-order valence-corrected chi connectivity index (χ0v) is 12.6. The van der Waals surface area contributed by atoms with Crippen LogP contribution in [0.5, 0.6) is 5.75 Å². The van der Waals surface area contributed by atoms with Gasteiger partial charge in [-0.15, -0.1) is 0 Å². The molecule has 0 fully saturated rings. The van der Waals surface area contributed by atoms with Gasteiger partial charge in [-0.25, -0.2) is 8.42 Å². The number of benzene rings is 1. The maximum atomic E-state index is 12.3. The SMILES string of the molecule is O=C(O)CS(=O)(=O)Nc1cc(Cl)cc(Br)c1OC(F)F. The van der Waals surface area contributed by atoms with Crippen LogP contribution in [0.1, 0.15) is 0 Å². The van der Waals surface area contributed by atoms with Crippen molar-refractivity contribution in [1.29, 1.82) is 0 Å². The van der Waals surface area contributed by atoms with Crippen LogP contribution in [0.15, 0.2) is 16.6 Å². The van der Waals surface area contributed by atoms with Crippen LogP contribution in [0, 0.1) is 0 Å². The molecule has 1 aromatic carbocycles. The first-order valence-electron chi connectivity index (χ1n) is 4.77. The molecule has 0 radical (unpaired) electrons. The second-order valence-electron chi connectivity index (χ2n) is 3.40. The minimum atomic E-state index is -4.28. The zero-order chi connectivity index (χ0) is 15.5. The molecule has 0 aliphatic carbocycles. The molecular formula is C9H7BrClF2NO5S. The molecule has 0 bridgehead atoms. The molecule has 20 heavy (non-hydrogen) atoms. The molecule has 11 heteroatoms. The van der Waals surface area contributed by atoms with Crippen molar-refractivity contribution in [2.24, 2.45) is 0 Å². The molecule has 0 unspecified atom stereocenters. The van der Waals surface area contributed by atoms with Crippen LogP contribution in [0.2, 0.25) is 5.02 Å². The van der Waals surface area contributed by atoms with Gasteiger partial charge in [0.2, 0.25) is 10.0 Å². The van der Waals surface area contributed by atoms with E-state index in [1.807, 2.05) is 4.72 Å². The number of halogens is 4. The van der Waals surface area contributed by atoms with E-state index >= 15 is 0 Å². The molecule has 0 aliphatic heterocycles. The van der Waals surface area contributed by atoms with Gasteiger partial charge in [0.1, 0.15) is 0 Å². The number of nitrogens with one attached hydrogen (secondary N) is 1. The lowest BCUT2D eigenvalue weighted by Crippen LogP contribution is -2.23. The largest absolute Gasteiger partial charge is 0.480 e. The maximum absolute atomic E-state index is 12.3. The highest BCUT2D eigenvalue weighted by atomic mass is 79.9. The number of alkyl halides is 2. The van der Waals surface area contributed by atoms with E-state index in [-0.39, 0.29) is 9.50 Å². The number of hydrogen-bond acceptors (Lipinski definition) is 4. The van der Waals surface area contributed by atoms with Gasteiger partial charge in [0.25, 0.3) is 0 Å². The molecule has 0 aliphatic rings. The summed E-state index contributed by atoms with van der Waals surface area (Å²) < 4.78 is 53.5. The summed E-state index contributed by atoms with van der Waals surface area (Å²) in [5.41, 5.74) is -0.397. The van der Waals surface area contributed by atoms with Crippen LogP contribution < -0.4 is 9.46 Å². The van der Waals surface area contributed by atoms with E-state index in [1.165, 1.54) is 6.07 Å². The number of carboxylic acid groups (broad SMARTS) is 1. The summed E-state index contributed by atoms with van der Waals surface area (Å²) in [6, 6.07) is 2.23. The Balaban J connectivity index is 3.19. The van der Waals surface area contributed by atoms with Gasteiger partial charge in [0.15, 0.2) is 11.5 Å². The van der Waals surface area contributed by atoms with Gasteiger partial charge in [0.05, 0.1) is 10.2 Å². The standard InChI is InChI=1S/C9H7BrClF2NO5S/c10-5-1-4(11)2-6(8(5)19-9(12)13)14-20(17,18)3-7(15)16/h1-2,9,14H,3H2,(H,15,16). The molecule has 0 heterocycles. The highest BCUT2D eigenvalue weighted by Crippen LogP contribution is 2.38. The van der Waals surface area contributed by atoms with E-state index in [2.05, 4.69) is 20.7 Å². The summed E-state index contributed by atoms with van der Waals surface area (Å²) in [5, 5.41) is 8.48. The molecule has 2 N–H and O–H groups in total. The summed E-state index contributed by atoms with van der Waals surface area (Å²) in [4.78, 5) is 10.4. The van der Waals surface area contributed by atoms with Gasteiger partial charge in [-0.2, -0.15) is 8.78 Å². The fourth-order valence-electron chi connectivity index (χ4n) is 1.21. The van der Waals surface area contributed by atoms with Crippen LogP contribution in [0.4, 0.5) is 14.5 Å². The number of carbonyl (C=O) groups is 1. The fourth-order valence-corrected chi connectivity index (χ4v) is 3.00. The van der Waals surface area contributed by atoms with Crippen molar-refractivity contribution in [2.75, 3.05) is 10.5 Å². The predicted molar refractivity (Wildman–Crippen MR) is 70.8 cm³/mol. The van der Waals surface area contributed by atoms with Crippen molar-refractivity contribution in [1.82, 2.24) is 0 Å². The average molecular weight is 395 g/mol. The van der Waals surface area contributed by atoms with Crippen LogP contribution >= 0.6 is 27.5 Å². The third-order valence-electron chi connectivity index (χ3n) is 1.79. The highest BCUT2D eigenvalue weighted by Gasteiger charge is 2.21. The van der Waals surface area contributed by atoms with Gasteiger partial charge in [-0.1, -0.05) is 11.6 Å². The number of anilines is 1.